The van der Waals surface area contributed by atoms with Crippen LogP contribution in [0.1, 0.15) is 32.6 Å². The molecule has 1 unspecified atom stereocenters. The third-order valence-corrected chi connectivity index (χ3v) is 5.18. The van der Waals surface area contributed by atoms with Gasteiger partial charge in [0.2, 0.25) is 0 Å². The van der Waals surface area contributed by atoms with Gasteiger partial charge in [0.1, 0.15) is 0 Å². The van der Waals surface area contributed by atoms with Gasteiger partial charge in [-0.1, -0.05) is 25.1 Å². The number of aliphatic hydroxyl groups is 1. The maximum atomic E-state index is 11.7. The molecule has 2 amide bonds. The fourth-order valence-electron chi connectivity index (χ4n) is 2.05. The predicted octanol–water partition coefficient (Wildman–Crippen LogP) is 2.77. The van der Waals surface area contributed by atoms with Crippen molar-refractivity contribution in [2.75, 3.05) is 13.1 Å². The van der Waals surface area contributed by atoms with Gasteiger partial charge < -0.3 is 15.7 Å². The highest BCUT2D eigenvalue weighted by Crippen LogP contribution is 2.51. The van der Waals surface area contributed by atoms with Gasteiger partial charge in [-0.2, -0.15) is 0 Å². The standard InChI is InChI=1S/C16H24N2O2S/c1-2-13(19)8-11-17-15(20)18-12-16(9-10-16)21-14-6-4-3-5-7-14/h3-7,13,19H,2,8-12H2,1H3,(H2,17,18,20). The molecule has 0 heterocycles. The van der Waals surface area contributed by atoms with Crippen molar-refractivity contribution in [3.05, 3.63) is 30.3 Å². The molecular weight excluding hydrogens is 284 g/mol. The van der Waals surface area contributed by atoms with E-state index in [1.807, 2.05) is 36.9 Å². The third-order valence-electron chi connectivity index (χ3n) is 3.69. The quantitative estimate of drug-likeness (QED) is 0.692. The first kappa shape index (κ1) is 16.2. The summed E-state index contributed by atoms with van der Waals surface area (Å²) in [5.74, 6) is 0. The maximum absolute atomic E-state index is 11.7. The molecule has 0 bridgehead atoms. The van der Waals surface area contributed by atoms with Crippen LogP contribution in [0.3, 0.4) is 0 Å². The van der Waals surface area contributed by atoms with Gasteiger partial charge in [-0.3, -0.25) is 0 Å². The van der Waals surface area contributed by atoms with Crippen molar-refractivity contribution >= 4 is 17.8 Å². The highest BCUT2D eigenvalue weighted by atomic mass is 32.2. The molecule has 3 N–H and O–H groups in total. The number of hydrogen-bond acceptors (Lipinski definition) is 3. The van der Waals surface area contributed by atoms with Crippen LogP contribution in [0.5, 0.6) is 0 Å². The van der Waals surface area contributed by atoms with Crippen molar-refractivity contribution in [2.24, 2.45) is 0 Å². The number of amides is 2. The summed E-state index contributed by atoms with van der Waals surface area (Å²) < 4.78 is 0.168. The average Bonchev–Trinajstić information content (AvgIpc) is 3.26. The number of aliphatic hydroxyl groups excluding tert-OH is 1. The second-order valence-corrected chi connectivity index (χ2v) is 7.10. The SMILES string of the molecule is CCC(O)CCNC(=O)NCC1(Sc2ccccc2)CC1. The van der Waals surface area contributed by atoms with Crippen LogP contribution in [0.4, 0.5) is 4.79 Å². The van der Waals surface area contributed by atoms with E-state index in [2.05, 4.69) is 22.8 Å². The van der Waals surface area contributed by atoms with E-state index < -0.39 is 0 Å². The fourth-order valence-corrected chi connectivity index (χ4v) is 3.30. The van der Waals surface area contributed by atoms with Gasteiger partial charge >= 0.3 is 6.03 Å². The summed E-state index contributed by atoms with van der Waals surface area (Å²) in [7, 11) is 0. The minimum Gasteiger partial charge on any atom is -0.393 e. The number of urea groups is 1. The smallest absolute Gasteiger partial charge is 0.314 e. The lowest BCUT2D eigenvalue weighted by atomic mass is 10.2. The summed E-state index contributed by atoms with van der Waals surface area (Å²) in [5.41, 5.74) is 0. The Morgan fingerprint density at radius 2 is 2.05 bits per heavy atom. The zero-order valence-corrected chi connectivity index (χ0v) is 13.3. The topological polar surface area (TPSA) is 61.4 Å². The fraction of sp³-hybridized carbons (Fsp3) is 0.562. The zero-order valence-electron chi connectivity index (χ0n) is 12.5. The number of carbonyl (C=O) groups is 1. The molecule has 5 heteroatoms. The van der Waals surface area contributed by atoms with Crippen LogP contribution < -0.4 is 10.6 Å². The second-order valence-electron chi connectivity index (χ2n) is 5.56. The van der Waals surface area contributed by atoms with Crippen LogP contribution in [-0.2, 0) is 0 Å². The predicted molar refractivity (Wildman–Crippen MR) is 86.6 cm³/mol. The van der Waals surface area contributed by atoms with Crippen molar-refractivity contribution in [1.82, 2.24) is 10.6 Å². The van der Waals surface area contributed by atoms with E-state index in [9.17, 15) is 9.90 Å². The van der Waals surface area contributed by atoms with Crippen LogP contribution in [-0.4, -0.2) is 35.1 Å². The third kappa shape index (κ3) is 5.59. The first-order chi connectivity index (χ1) is 10.1. The molecule has 0 radical (unpaired) electrons. The lowest BCUT2D eigenvalue weighted by molar-refractivity contribution is 0.160. The van der Waals surface area contributed by atoms with Gasteiger partial charge in [0, 0.05) is 22.7 Å². The summed E-state index contributed by atoms with van der Waals surface area (Å²) in [4.78, 5) is 13.0. The molecule has 1 fully saturated rings. The molecule has 1 aromatic rings. The molecule has 0 spiro atoms. The van der Waals surface area contributed by atoms with Gasteiger partial charge in [-0.05, 0) is 37.8 Å². The van der Waals surface area contributed by atoms with E-state index in [-0.39, 0.29) is 16.9 Å². The van der Waals surface area contributed by atoms with Crippen molar-refractivity contribution < 1.29 is 9.90 Å². The van der Waals surface area contributed by atoms with Crippen LogP contribution >= 0.6 is 11.8 Å². The van der Waals surface area contributed by atoms with Gasteiger partial charge in [0.25, 0.3) is 0 Å². The molecule has 0 aliphatic heterocycles. The van der Waals surface area contributed by atoms with E-state index >= 15 is 0 Å². The minimum absolute atomic E-state index is 0.141. The lowest BCUT2D eigenvalue weighted by Gasteiger charge is -2.16. The molecule has 2 rings (SSSR count). The van der Waals surface area contributed by atoms with E-state index in [4.69, 9.17) is 0 Å². The number of hydrogen-bond donors (Lipinski definition) is 3. The Balaban J connectivity index is 1.67. The maximum Gasteiger partial charge on any atom is 0.314 e. The molecular formula is C16H24N2O2S. The van der Waals surface area contributed by atoms with Gasteiger partial charge in [-0.15, -0.1) is 11.8 Å². The largest absolute Gasteiger partial charge is 0.393 e. The van der Waals surface area contributed by atoms with E-state index in [0.717, 1.165) is 19.3 Å². The highest BCUT2D eigenvalue weighted by Gasteiger charge is 2.43. The number of benzene rings is 1. The Labute approximate surface area is 130 Å². The minimum atomic E-state index is -0.325. The first-order valence-electron chi connectivity index (χ1n) is 7.57. The van der Waals surface area contributed by atoms with E-state index in [0.29, 0.717) is 19.5 Å². The van der Waals surface area contributed by atoms with E-state index in [1.54, 1.807) is 0 Å². The summed E-state index contributed by atoms with van der Waals surface area (Å²) in [6.07, 6.45) is 3.28. The number of thioether (sulfide) groups is 1. The van der Waals surface area contributed by atoms with E-state index in [1.165, 1.54) is 4.90 Å². The Morgan fingerprint density at radius 3 is 2.67 bits per heavy atom. The average molecular weight is 308 g/mol. The number of rotatable bonds is 8. The molecule has 1 saturated carbocycles. The molecule has 1 aliphatic carbocycles. The second kappa shape index (κ2) is 7.71. The van der Waals surface area contributed by atoms with Crippen LogP contribution in [0.2, 0.25) is 0 Å². The highest BCUT2D eigenvalue weighted by molar-refractivity contribution is 8.01. The van der Waals surface area contributed by atoms with Gasteiger partial charge in [0.15, 0.2) is 0 Å². The summed E-state index contributed by atoms with van der Waals surface area (Å²) >= 11 is 1.85. The normalized spacial score (nSPS) is 17.0. The first-order valence-corrected chi connectivity index (χ1v) is 8.39. The van der Waals surface area contributed by atoms with Gasteiger partial charge in [-0.25, -0.2) is 4.79 Å². The van der Waals surface area contributed by atoms with Crippen molar-refractivity contribution in [3.63, 3.8) is 0 Å². The summed E-state index contributed by atoms with van der Waals surface area (Å²) in [6, 6.07) is 10.2. The molecule has 0 saturated heterocycles. The Morgan fingerprint density at radius 1 is 1.33 bits per heavy atom. The number of carbonyl (C=O) groups excluding carboxylic acids is 1. The Hall–Kier alpha value is -1.20. The molecule has 116 valence electrons. The van der Waals surface area contributed by atoms with Crippen molar-refractivity contribution in [3.8, 4) is 0 Å². The molecule has 1 aliphatic rings. The number of nitrogens with one attached hydrogen (secondary N) is 2. The Kier molecular flexibility index (Phi) is 5.94. The van der Waals surface area contributed by atoms with Crippen molar-refractivity contribution in [2.45, 2.75) is 48.4 Å². The molecule has 4 nitrogen and oxygen atoms in total. The summed E-state index contributed by atoms with van der Waals surface area (Å²) in [6.45, 7) is 3.14. The zero-order chi connectivity index (χ0) is 15.1. The van der Waals surface area contributed by atoms with Crippen LogP contribution in [0, 0.1) is 0 Å². The Bertz CT molecular complexity index is 449. The van der Waals surface area contributed by atoms with Gasteiger partial charge in [0.05, 0.1) is 6.10 Å². The lowest BCUT2D eigenvalue weighted by Crippen LogP contribution is -2.40. The van der Waals surface area contributed by atoms with Crippen LogP contribution in [0.15, 0.2) is 35.2 Å². The van der Waals surface area contributed by atoms with Crippen LogP contribution in [0.25, 0.3) is 0 Å². The summed E-state index contributed by atoms with van der Waals surface area (Å²) in [5, 5.41) is 15.2. The molecule has 0 aromatic heterocycles. The molecule has 21 heavy (non-hydrogen) atoms. The molecule has 1 aromatic carbocycles. The monoisotopic (exact) mass is 308 g/mol. The van der Waals surface area contributed by atoms with Crippen molar-refractivity contribution in [1.29, 1.82) is 0 Å². The molecule has 1 atom stereocenters.